The summed E-state index contributed by atoms with van der Waals surface area (Å²) in [6.07, 6.45) is 0.649. The second kappa shape index (κ2) is 9.50. The lowest BCUT2D eigenvalue weighted by Crippen LogP contribution is -2.30. The standard InChI is InChI=1S/C18H19ClN2O5S/c1-20-27(24,25)14-7-8-16(19)15(11-14)18(23)26-12-17(22)21-10-9-13-5-3-2-4-6-13/h2-8,11,20H,9-10,12H2,1H3,(H,21,22). The minimum absolute atomic E-state index is 0.0274. The van der Waals surface area contributed by atoms with E-state index in [4.69, 9.17) is 16.3 Å². The molecule has 0 aromatic heterocycles. The Balaban J connectivity index is 1.89. The molecule has 0 bridgehead atoms. The molecule has 0 aliphatic heterocycles. The van der Waals surface area contributed by atoms with Gasteiger partial charge in [0, 0.05) is 6.54 Å². The first-order valence-corrected chi connectivity index (χ1v) is 9.90. The molecular formula is C18H19ClN2O5S. The van der Waals surface area contributed by atoms with Crippen LogP contribution in [0.15, 0.2) is 53.4 Å². The quantitative estimate of drug-likeness (QED) is 0.646. The molecule has 0 unspecified atom stereocenters. The first-order chi connectivity index (χ1) is 12.8. The summed E-state index contributed by atoms with van der Waals surface area (Å²) in [5.41, 5.74) is 0.939. The Labute approximate surface area is 162 Å². The van der Waals surface area contributed by atoms with Crippen LogP contribution in [0.3, 0.4) is 0 Å². The molecule has 9 heteroatoms. The molecule has 0 atom stereocenters. The summed E-state index contributed by atoms with van der Waals surface area (Å²) in [5, 5.41) is 2.67. The number of benzene rings is 2. The Hall–Kier alpha value is -2.42. The first kappa shape index (κ1) is 20.9. The average molecular weight is 411 g/mol. The third kappa shape index (κ3) is 6.06. The lowest BCUT2D eigenvalue weighted by molar-refractivity contribution is -0.124. The maximum Gasteiger partial charge on any atom is 0.340 e. The van der Waals surface area contributed by atoms with Gasteiger partial charge in [0.25, 0.3) is 5.91 Å². The van der Waals surface area contributed by atoms with Crippen LogP contribution in [0.5, 0.6) is 0 Å². The topological polar surface area (TPSA) is 102 Å². The number of carbonyl (C=O) groups is 2. The molecule has 7 nitrogen and oxygen atoms in total. The highest BCUT2D eigenvalue weighted by atomic mass is 35.5. The second-order valence-electron chi connectivity index (χ2n) is 5.51. The van der Waals surface area contributed by atoms with Crippen LogP contribution in [-0.2, 0) is 26.0 Å². The van der Waals surface area contributed by atoms with Gasteiger partial charge in [0.2, 0.25) is 10.0 Å². The van der Waals surface area contributed by atoms with Gasteiger partial charge in [-0.25, -0.2) is 17.9 Å². The zero-order valence-corrected chi connectivity index (χ0v) is 16.1. The van der Waals surface area contributed by atoms with Crippen molar-refractivity contribution in [1.82, 2.24) is 10.0 Å². The van der Waals surface area contributed by atoms with Gasteiger partial charge in [0.15, 0.2) is 6.61 Å². The number of rotatable bonds is 8. The summed E-state index contributed by atoms with van der Waals surface area (Å²) in [4.78, 5) is 23.8. The van der Waals surface area contributed by atoms with Gasteiger partial charge in [-0.05, 0) is 37.2 Å². The zero-order chi connectivity index (χ0) is 19.9. The van der Waals surface area contributed by atoms with E-state index in [0.29, 0.717) is 13.0 Å². The van der Waals surface area contributed by atoms with Crippen molar-refractivity contribution >= 4 is 33.5 Å². The summed E-state index contributed by atoms with van der Waals surface area (Å²) in [7, 11) is -2.48. The number of esters is 1. The molecule has 2 aromatic rings. The van der Waals surface area contributed by atoms with Crippen LogP contribution in [-0.4, -0.2) is 40.5 Å². The molecule has 0 fully saturated rings. The smallest absolute Gasteiger partial charge is 0.340 e. The van der Waals surface area contributed by atoms with E-state index >= 15 is 0 Å². The number of nitrogens with one attached hydrogen (secondary N) is 2. The normalized spacial score (nSPS) is 11.0. The van der Waals surface area contributed by atoms with Crippen LogP contribution in [0.2, 0.25) is 5.02 Å². The van der Waals surface area contributed by atoms with Gasteiger partial charge < -0.3 is 10.1 Å². The molecule has 1 amide bonds. The highest BCUT2D eigenvalue weighted by Gasteiger charge is 2.19. The minimum Gasteiger partial charge on any atom is -0.452 e. The van der Waals surface area contributed by atoms with Crippen LogP contribution in [0.4, 0.5) is 0 Å². The fourth-order valence-electron chi connectivity index (χ4n) is 2.20. The number of amides is 1. The zero-order valence-electron chi connectivity index (χ0n) is 14.6. The largest absolute Gasteiger partial charge is 0.452 e. The van der Waals surface area contributed by atoms with Crippen LogP contribution in [0, 0.1) is 0 Å². The number of carbonyl (C=O) groups excluding carboxylic acids is 2. The van der Waals surface area contributed by atoms with Crippen molar-refractivity contribution in [2.45, 2.75) is 11.3 Å². The van der Waals surface area contributed by atoms with E-state index in [1.165, 1.54) is 19.2 Å². The summed E-state index contributed by atoms with van der Waals surface area (Å²) < 4.78 is 30.7. The second-order valence-corrected chi connectivity index (χ2v) is 7.80. The number of hydrogen-bond acceptors (Lipinski definition) is 5. The van der Waals surface area contributed by atoms with Crippen molar-refractivity contribution in [3.05, 3.63) is 64.7 Å². The van der Waals surface area contributed by atoms with E-state index in [1.807, 2.05) is 30.3 Å². The predicted octanol–water partition coefficient (Wildman–Crippen LogP) is 1.76. The van der Waals surface area contributed by atoms with Gasteiger partial charge in [-0.1, -0.05) is 41.9 Å². The Morgan fingerprint density at radius 3 is 2.48 bits per heavy atom. The number of halogens is 1. The van der Waals surface area contributed by atoms with E-state index < -0.39 is 28.5 Å². The average Bonchev–Trinajstić information content (AvgIpc) is 2.67. The van der Waals surface area contributed by atoms with E-state index in [0.717, 1.165) is 11.6 Å². The molecule has 0 aliphatic carbocycles. The van der Waals surface area contributed by atoms with Gasteiger partial charge in [-0.2, -0.15) is 0 Å². The van der Waals surface area contributed by atoms with Crippen molar-refractivity contribution in [1.29, 1.82) is 0 Å². The van der Waals surface area contributed by atoms with E-state index in [9.17, 15) is 18.0 Å². The lowest BCUT2D eigenvalue weighted by Gasteiger charge is -2.09. The Morgan fingerprint density at radius 1 is 1.11 bits per heavy atom. The van der Waals surface area contributed by atoms with Crippen LogP contribution >= 0.6 is 11.6 Å². The van der Waals surface area contributed by atoms with Gasteiger partial charge in [-0.15, -0.1) is 0 Å². The molecule has 0 radical (unpaired) electrons. The Kier molecular flexibility index (Phi) is 7.35. The molecule has 0 aliphatic rings. The summed E-state index contributed by atoms with van der Waals surface area (Å²) in [6.45, 7) is -0.0932. The Morgan fingerprint density at radius 2 is 1.81 bits per heavy atom. The van der Waals surface area contributed by atoms with Crippen LogP contribution in [0.1, 0.15) is 15.9 Å². The maximum absolute atomic E-state index is 12.1. The third-order valence-electron chi connectivity index (χ3n) is 3.65. The molecule has 144 valence electrons. The first-order valence-electron chi connectivity index (χ1n) is 8.04. The molecule has 0 heterocycles. The van der Waals surface area contributed by atoms with Crippen LogP contribution < -0.4 is 10.0 Å². The molecular weight excluding hydrogens is 392 g/mol. The van der Waals surface area contributed by atoms with Gasteiger partial charge in [0.05, 0.1) is 15.5 Å². The van der Waals surface area contributed by atoms with Crippen molar-refractivity contribution in [3.63, 3.8) is 0 Å². The monoisotopic (exact) mass is 410 g/mol. The number of hydrogen-bond donors (Lipinski definition) is 2. The molecule has 0 spiro atoms. The van der Waals surface area contributed by atoms with Gasteiger partial charge >= 0.3 is 5.97 Å². The van der Waals surface area contributed by atoms with Crippen molar-refractivity contribution < 1.29 is 22.7 Å². The molecule has 0 saturated heterocycles. The SMILES string of the molecule is CNS(=O)(=O)c1ccc(Cl)c(C(=O)OCC(=O)NCCc2ccccc2)c1. The summed E-state index contributed by atoms with van der Waals surface area (Å²) in [6, 6.07) is 13.3. The predicted molar refractivity (Wildman–Crippen MR) is 101 cm³/mol. The Bertz CT molecular complexity index is 917. The highest BCUT2D eigenvalue weighted by molar-refractivity contribution is 7.89. The third-order valence-corrected chi connectivity index (χ3v) is 5.39. The molecule has 2 rings (SSSR count). The lowest BCUT2D eigenvalue weighted by atomic mass is 10.1. The fourth-order valence-corrected chi connectivity index (χ4v) is 3.15. The highest BCUT2D eigenvalue weighted by Crippen LogP contribution is 2.21. The summed E-state index contributed by atoms with van der Waals surface area (Å²) in [5.74, 6) is -1.35. The fraction of sp³-hybridized carbons (Fsp3) is 0.222. The summed E-state index contributed by atoms with van der Waals surface area (Å²) >= 11 is 5.93. The molecule has 2 aromatic carbocycles. The maximum atomic E-state index is 12.1. The van der Waals surface area contributed by atoms with E-state index in [-0.39, 0.29) is 15.5 Å². The van der Waals surface area contributed by atoms with Gasteiger partial charge in [-0.3, -0.25) is 4.79 Å². The van der Waals surface area contributed by atoms with E-state index in [1.54, 1.807) is 0 Å². The molecule has 27 heavy (non-hydrogen) atoms. The van der Waals surface area contributed by atoms with Crippen molar-refractivity contribution in [2.75, 3.05) is 20.2 Å². The van der Waals surface area contributed by atoms with Gasteiger partial charge in [0.1, 0.15) is 0 Å². The number of ether oxygens (including phenoxy) is 1. The van der Waals surface area contributed by atoms with Crippen LogP contribution in [0.25, 0.3) is 0 Å². The van der Waals surface area contributed by atoms with E-state index in [2.05, 4.69) is 10.0 Å². The minimum atomic E-state index is -3.74. The van der Waals surface area contributed by atoms with Crippen molar-refractivity contribution in [3.8, 4) is 0 Å². The number of sulfonamides is 1. The molecule has 2 N–H and O–H groups in total. The molecule has 0 saturated carbocycles. The van der Waals surface area contributed by atoms with Crippen molar-refractivity contribution in [2.24, 2.45) is 0 Å².